The second-order valence-electron chi connectivity index (χ2n) is 14.5. The number of phosphoric acid groups is 1. The molecule has 0 aromatic carbocycles. The van der Waals surface area contributed by atoms with Crippen molar-refractivity contribution in [2.24, 2.45) is 5.73 Å². The number of allylic oxidation sites excluding steroid dienone is 11. The van der Waals surface area contributed by atoms with E-state index in [-0.39, 0.29) is 32.1 Å². The van der Waals surface area contributed by atoms with Crippen LogP contribution in [0.1, 0.15) is 181 Å². The molecule has 0 aliphatic heterocycles. The first kappa shape index (κ1) is 52.9. The van der Waals surface area contributed by atoms with Crippen LogP contribution in [-0.4, -0.2) is 47.8 Å². The molecule has 0 rings (SSSR count). The van der Waals surface area contributed by atoms with Crippen LogP contribution in [0.4, 0.5) is 0 Å². The molecule has 0 aromatic heterocycles. The third-order valence-corrected chi connectivity index (χ3v) is 10.3. The molecule has 0 spiro atoms. The van der Waals surface area contributed by atoms with Crippen LogP contribution in [0, 0.1) is 0 Å². The number of aliphatic hydroxyl groups is 1. The number of amides is 1. The smallest absolute Gasteiger partial charge is 0.387 e. The lowest BCUT2D eigenvalue weighted by molar-refractivity contribution is -0.123. The van der Waals surface area contributed by atoms with Crippen LogP contribution in [0.3, 0.4) is 0 Å². The minimum Gasteiger partial charge on any atom is -0.387 e. The number of rotatable bonds is 40. The Hall–Kier alpha value is -2.06. The number of nitrogens with two attached hydrogens (primary N) is 1. The zero-order valence-electron chi connectivity index (χ0n) is 35.1. The SMILES string of the molecule is CC/C=C\C/C=C\C/C=C\C/C=C\CCCCC(=O)NC(COP(=O)(O)OCCN)C(O)/C=C/CC/C=C/CCCCCCCCCCCCCCCCC. The molecule has 0 heterocycles. The fourth-order valence-corrected chi connectivity index (χ4v) is 6.72. The van der Waals surface area contributed by atoms with Crippen molar-refractivity contribution in [3.8, 4) is 0 Å². The molecule has 0 aromatic rings. The third-order valence-electron chi connectivity index (χ3n) is 9.27. The fourth-order valence-electron chi connectivity index (χ4n) is 5.96. The molecule has 0 aliphatic rings. The molecule has 0 radical (unpaired) electrons. The number of hydrogen-bond donors (Lipinski definition) is 4. The second-order valence-corrected chi connectivity index (χ2v) is 16.0. The number of hydrogen-bond acceptors (Lipinski definition) is 6. The van der Waals surface area contributed by atoms with E-state index in [9.17, 15) is 19.4 Å². The summed E-state index contributed by atoms with van der Waals surface area (Å²) in [5, 5.41) is 13.6. The van der Waals surface area contributed by atoms with Crippen LogP contribution in [0.15, 0.2) is 72.9 Å². The van der Waals surface area contributed by atoms with Gasteiger partial charge in [0, 0.05) is 13.0 Å². The quantitative estimate of drug-likeness (QED) is 0.0276. The lowest BCUT2D eigenvalue weighted by atomic mass is 10.0. The Labute approximate surface area is 337 Å². The standard InChI is InChI=1S/C46H83N2O6P/c1-3-5-7-9-11-13-15-17-19-20-21-22-23-24-26-27-29-31-33-35-37-39-45(49)44(43-54-55(51,52)53-42-41-47)48-46(50)40-38-36-34-32-30-28-25-18-16-14-12-10-8-6-4-2/h6,8,12,14,18,25,29-32,37,39,44-45,49H,3-5,7,9-11,13,15-17,19-24,26-28,33-36,38,40-43,47H2,1-2H3,(H,48,50)(H,51,52)/b8-6-,14-12-,25-18-,31-29+,32-30-,39-37+. The lowest BCUT2D eigenvalue weighted by Gasteiger charge is -2.23. The van der Waals surface area contributed by atoms with Gasteiger partial charge in [-0.3, -0.25) is 13.8 Å². The third kappa shape index (κ3) is 40.0. The summed E-state index contributed by atoms with van der Waals surface area (Å²) in [6, 6.07) is -0.902. The highest BCUT2D eigenvalue weighted by Crippen LogP contribution is 2.43. The summed E-state index contributed by atoms with van der Waals surface area (Å²) in [6.07, 6.45) is 54.0. The van der Waals surface area contributed by atoms with E-state index in [4.69, 9.17) is 14.8 Å². The highest BCUT2D eigenvalue weighted by molar-refractivity contribution is 7.47. The maximum atomic E-state index is 12.7. The highest BCUT2D eigenvalue weighted by atomic mass is 31.2. The zero-order valence-corrected chi connectivity index (χ0v) is 36.0. The molecule has 0 bridgehead atoms. The summed E-state index contributed by atoms with van der Waals surface area (Å²) in [5.74, 6) is -0.247. The normalized spacial score (nSPS) is 14.8. The molecule has 9 heteroatoms. The Morgan fingerprint density at radius 3 is 1.62 bits per heavy atom. The summed E-state index contributed by atoms with van der Waals surface area (Å²) >= 11 is 0. The van der Waals surface area contributed by atoms with Crippen molar-refractivity contribution in [3.05, 3.63) is 72.9 Å². The van der Waals surface area contributed by atoms with Gasteiger partial charge >= 0.3 is 7.82 Å². The van der Waals surface area contributed by atoms with Crippen LogP contribution in [0.2, 0.25) is 0 Å². The monoisotopic (exact) mass is 791 g/mol. The molecule has 3 unspecified atom stereocenters. The van der Waals surface area contributed by atoms with E-state index in [1.807, 2.05) is 6.08 Å². The van der Waals surface area contributed by atoms with Gasteiger partial charge in [0.05, 0.1) is 25.4 Å². The largest absolute Gasteiger partial charge is 0.472 e. The van der Waals surface area contributed by atoms with Gasteiger partial charge in [-0.2, -0.15) is 0 Å². The lowest BCUT2D eigenvalue weighted by Crippen LogP contribution is -2.45. The van der Waals surface area contributed by atoms with Gasteiger partial charge in [-0.25, -0.2) is 4.57 Å². The molecular formula is C46H83N2O6P. The molecule has 3 atom stereocenters. The van der Waals surface area contributed by atoms with Gasteiger partial charge in [0.1, 0.15) is 0 Å². The number of nitrogens with one attached hydrogen (secondary N) is 1. The van der Waals surface area contributed by atoms with E-state index in [0.29, 0.717) is 6.42 Å². The first-order valence-electron chi connectivity index (χ1n) is 22.1. The van der Waals surface area contributed by atoms with E-state index >= 15 is 0 Å². The molecule has 8 nitrogen and oxygen atoms in total. The van der Waals surface area contributed by atoms with Crippen molar-refractivity contribution >= 4 is 13.7 Å². The van der Waals surface area contributed by atoms with Gasteiger partial charge in [0.25, 0.3) is 0 Å². The maximum absolute atomic E-state index is 12.7. The van der Waals surface area contributed by atoms with E-state index in [2.05, 4.69) is 79.9 Å². The minimum atomic E-state index is -4.36. The Balaban J connectivity index is 4.31. The molecule has 55 heavy (non-hydrogen) atoms. The van der Waals surface area contributed by atoms with Crippen molar-refractivity contribution in [2.75, 3.05) is 19.8 Å². The maximum Gasteiger partial charge on any atom is 0.472 e. The Morgan fingerprint density at radius 1 is 0.618 bits per heavy atom. The molecule has 0 saturated heterocycles. The van der Waals surface area contributed by atoms with E-state index in [1.165, 1.54) is 96.3 Å². The Morgan fingerprint density at radius 2 is 1.07 bits per heavy atom. The van der Waals surface area contributed by atoms with E-state index in [0.717, 1.165) is 57.8 Å². The van der Waals surface area contributed by atoms with Crippen LogP contribution < -0.4 is 11.1 Å². The topological polar surface area (TPSA) is 131 Å². The van der Waals surface area contributed by atoms with Gasteiger partial charge < -0.3 is 21.1 Å². The number of carbonyl (C=O) groups excluding carboxylic acids is 1. The Kier molecular flexibility index (Phi) is 40.0. The first-order chi connectivity index (χ1) is 26.9. The highest BCUT2D eigenvalue weighted by Gasteiger charge is 2.26. The number of carbonyl (C=O) groups is 1. The summed E-state index contributed by atoms with van der Waals surface area (Å²) in [4.78, 5) is 22.7. The number of aliphatic hydroxyl groups excluding tert-OH is 1. The van der Waals surface area contributed by atoms with Crippen LogP contribution in [0.25, 0.3) is 0 Å². The fraction of sp³-hybridized carbons (Fsp3) is 0.717. The predicted octanol–water partition coefficient (Wildman–Crippen LogP) is 12.4. The summed E-state index contributed by atoms with van der Waals surface area (Å²) in [6.45, 7) is 3.96. The molecule has 1 amide bonds. The van der Waals surface area contributed by atoms with Gasteiger partial charge in [0.15, 0.2) is 0 Å². The summed E-state index contributed by atoms with van der Waals surface area (Å²) in [5.41, 5.74) is 5.37. The van der Waals surface area contributed by atoms with Crippen LogP contribution in [0.5, 0.6) is 0 Å². The Bertz CT molecular complexity index is 1090. The van der Waals surface area contributed by atoms with Gasteiger partial charge in [0.2, 0.25) is 5.91 Å². The van der Waals surface area contributed by atoms with Crippen LogP contribution >= 0.6 is 7.82 Å². The minimum absolute atomic E-state index is 0.0638. The van der Waals surface area contributed by atoms with E-state index in [1.54, 1.807) is 6.08 Å². The predicted molar refractivity (Wildman–Crippen MR) is 235 cm³/mol. The average Bonchev–Trinajstić information content (AvgIpc) is 3.17. The first-order valence-corrected chi connectivity index (χ1v) is 23.6. The van der Waals surface area contributed by atoms with Gasteiger partial charge in [-0.15, -0.1) is 0 Å². The number of unbranched alkanes of at least 4 members (excludes halogenated alkanes) is 18. The van der Waals surface area contributed by atoms with Gasteiger partial charge in [-0.05, 0) is 70.6 Å². The van der Waals surface area contributed by atoms with E-state index < -0.39 is 20.0 Å². The van der Waals surface area contributed by atoms with Crippen molar-refractivity contribution in [1.29, 1.82) is 0 Å². The number of phosphoric ester groups is 1. The van der Waals surface area contributed by atoms with Crippen molar-refractivity contribution in [2.45, 2.75) is 193 Å². The molecule has 0 saturated carbocycles. The average molecular weight is 791 g/mol. The molecular weight excluding hydrogens is 707 g/mol. The van der Waals surface area contributed by atoms with Gasteiger partial charge in [-0.1, -0.05) is 177 Å². The van der Waals surface area contributed by atoms with Crippen LogP contribution in [-0.2, 0) is 18.4 Å². The zero-order chi connectivity index (χ0) is 40.3. The summed E-state index contributed by atoms with van der Waals surface area (Å²) in [7, 11) is -4.36. The van der Waals surface area contributed by atoms with Crippen molar-refractivity contribution < 1.29 is 28.4 Å². The summed E-state index contributed by atoms with van der Waals surface area (Å²) < 4.78 is 22.1. The molecule has 5 N–H and O–H groups in total. The second kappa shape index (κ2) is 41.6. The molecule has 0 aliphatic carbocycles. The van der Waals surface area contributed by atoms with Crippen molar-refractivity contribution in [3.63, 3.8) is 0 Å². The molecule has 0 fully saturated rings. The van der Waals surface area contributed by atoms with Crippen molar-refractivity contribution in [1.82, 2.24) is 5.32 Å². The molecule has 318 valence electrons.